The fraction of sp³-hybridized carbons (Fsp3) is 0.333. The molecule has 0 unspecified atom stereocenters. The summed E-state index contributed by atoms with van der Waals surface area (Å²) in [5.41, 5.74) is 4.80. The number of halogens is 1. The minimum Gasteiger partial charge on any atom is -0.493 e. The summed E-state index contributed by atoms with van der Waals surface area (Å²) in [6.45, 7) is 0.274. The van der Waals surface area contributed by atoms with E-state index in [9.17, 15) is 14.0 Å². The smallest absolute Gasteiger partial charge is 0.335 e. The molecule has 0 aromatic heterocycles. The Kier molecular flexibility index (Phi) is 5.10. The quantitative estimate of drug-likeness (QED) is 0.723. The van der Waals surface area contributed by atoms with Crippen molar-refractivity contribution in [2.24, 2.45) is 5.73 Å². The summed E-state index contributed by atoms with van der Waals surface area (Å²) in [5, 5.41) is 8.73. The minimum atomic E-state index is -1.21. The van der Waals surface area contributed by atoms with Gasteiger partial charge < -0.3 is 15.6 Å². The maximum absolute atomic E-state index is 13.1. The van der Waals surface area contributed by atoms with E-state index in [1.54, 1.807) is 0 Å². The van der Waals surface area contributed by atoms with Crippen molar-refractivity contribution in [3.8, 4) is 5.75 Å². The van der Waals surface area contributed by atoms with E-state index in [-0.39, 0.29) is 30.2 Å². The molecule has 6 heteroatoms. The van der Waals surface area contributed by atoms with Gasteiger partial charge in [-0.25, -0.2) is 9.18 Å². The van der Waals surface area contributed by atoms with Crippen molar-refractivity contribution in [2.75, 3.05) is 6.61 Å². The van der Waals surface area contributed by atoms with Crippen molar-refractivity contribution in [1.29, 1.82) is 0 Å². The molecule has 1 aromatic rings. The number of nitrogens with two attached hydrogens (primary N) is 1. The molecule has 1 aromatic carbocycles. The van der Waals surface area contributed by atoms with Crippen LogP contribution in [0.3, 0.4) is 0 Å². The van der Waals surface area contributed by atoms with Crippen LogP contribution < -0.4 is 10.5 Å². The number of carbonyl (C=O) groups is 2. The van der Waals surface area contributed by atoms with Crippen LogP contribution in [0.5, 0.6) is 5.75 Å². The number of carbonyl (C=O) groups excluding carboxylic acids is 1. The molecule has 3 N–H and O–H groups in total. The third-order valence-corrected chi connectivity index (χ3v) is 2.20. The molecule has 0 aliphatic heterocycles. The SMILES string of the molecule is NC(=O)CCCCOc1cc(F)cc(C(=O)O)c1. The number of rotatable bonds is 7. The summed E-state index contributed by atoms with van der Waals surface area (Å²) in [5.74, 6) is -2.10. The Balaban J connectivity index is 2.47. The highest BCUT2D eigenvalue weighted by Crippen LogP contribution is 2.17. The number of unbranched alkanes of at least 4 members (excludes halogenated alkanes) is 1. The number of aromatic carboxylic acids is 1. The van der Waals surface area contributed by atoms with Gasteiger partial charge in [0.05, 0.1) is 12.2 Å². The Morgan fingerprint density at radius 2 is 2.00 bits per heavy atom. The third kappa shape index (κ3) is 4.82. The van der Waals surface area contributed by atoms with Gasteiger partial charge in [-0.1, -0.05) is 0 Å². The van der Waals surface area contributed by atoms with Gasteiger partial charge in [-0.3, -0.25) is 4.79 Å². The first-order chi connectivity index (χ1) is 8.49. The highest BCUT2D eigenvalue weighted by molar-refractivity contribution is 5.88. The van der Waals surface area contributed by atoms with Crippen LogP contribution in [0.25, 0.3) is 0 Å². The fourth-order valence-corrected chi connectivity index (χ4v) is 1.36. The van der Waals surface area contributed by atoms with Crippen LogP contribution in [-0.4, -0.2) is 23.6 Å². The van der Waals surface area contributed by atoms with E-state index in [4.69, 9.17) is 15.6 Å². The molecule has 0 saturated carbocycles. The van der Waals surface area contributed by atoms with E-state index in [1.807, 2.05) is 0 Å². The molecule has 0 radical (unpaired) electrons. The first kappa shape index (κ1) is 14.0. The lowest BCUT2D eigenvalue weighted by molar-refractivity contribution is -0.118. The highest BCUT2D eigenvalue weighted by Gasteiger charge is 2.07. The zero-order valence-corrected chi connectivity index (χ0v) is 9.69. The van der Waals surface area contributed by atoms with Gasteiger partial charge in [0, 0.05) is 12.5 Å². The lowest BCUT2D eigenvalue weighted by Gasteiger charge is -2.06. The van der Waals surface area contributed by atoms with Gasteiger partial charge in [-0.2, -0.15) is 0 Å². The maximum atomic E-state index is 13.1. The van der Waals surface area contributed by atoms with Gasteiger partial charge in [0.15, 0.2) is 0 Å². The molecular formula is C12H14FNO4. The normalized spacial score (nSPS) is 10.1. The second-order valence-corrected chi connectivity index (χ2v) is 3.75. The number of hydrogen-bond donors (Lipinski definition) is 2. The molecule has 5 nitrogen and oxygen atoms in total. The van der Waals surface area contributed by atoms with Gasteiger partial charge in [0.1, 0.15) is 11.6 Å². The first-order valence-electron chi connectivity index (χ1n) is 5.44. The van der Waals surface area contributed by atoms with Crippen molar-refractivity contribution >= 4 is 11.9 Å². The zero-order valence-electron chi connectivity index (χ0n) is 9.69. The molecule has 1 rings (SSSR count). The van der Waals surface area contributed by atoms with E-state index >= 15 is 0 Å². The fourth-order valence-electron chi connectivity index (χ4n) is 1.36. The van der Waals surface area contributed by atoms with Gasteiger partial charge >= 0.3 is 5.97 Å². The average molecular weight is 255 g/mol. The summed E-state index contributed by atoms with van der Waals surface area (Å²) in [6, 6.07) is 3.28. The van der Waals surface area contributed by atoms with Crippen LogP contribution >= 0.6 is 0 Å². The summed E-state index contributed by atoms with van der Waals surface area (Å²) < 4.78 is 18.3. The van der Waals surface area contributed by atoms with Crippen molar-refractivity contribution in [2.45, 2.75) is 19.3 Å². The molecule has 0 spiro atoms. The molecule has 0 aliphatic rings. The molecule has 98 valence electrons. The van der Waals surface area contributed by atoms with Crippen molar-refractivity contribution < 1.29 is 23.8 Å². The Morgan fingerprint density at radius 3 is 2.61 bits per heavy atom. The van der Waals surface area contributed by atoms with Crippen LogP contribution in [0.4, 0.5) is 4.39 Å². The predicted octanol–water partition coefficient (Wildman–Crippen LogP) is 1.56. The second-order valence-electron chi connectivity index (χ2n) is 3.75. The predicted molar refractivity (Wildman–Crippen MR) is 61.9 cm³/mol. The van der Waals surface area contributed by atoms with Gasteiger partial charge in [0.2, 0.25) is 5.91 Å². The van der Waals surface area contributed by atoms with Crippen molar-refractivity contribution in [3.05, 3.63) is 29.6 Å². The van der Waals surface area contributed by atoms with Crippen LogP contribution in [0, 0.1) is 5.82 Å². The zero-order chi connectivity index (χ0) is 13.5. The molecule has 18 heavy (non-hydrogen) atoms. The topological polar surface area (TPSA) is 89.6 Å². The molecule has 0 bridgehead atoms. The Morgan fingerprint density at radius 1 is 1.28 bits per heavy atom. The molecule has 0 saturated heterocycles. The summed E-state index contributed by atoms with van der Waals surface area (Å²) >= 11 is 0. The lowest BCUT2D eigenvalue weighted by atomic mass is 10.2. The number of ether oxygens (including phenoxy) is 1. The minimum absolute atomic E-state index is 0.159. The first-order valence-corrected chi connectivity index (χ1v) is 5.44. The van der Waals surface area contributed by atoms with E-state index in [1.165, 1.54) is 6.07 Å². The molecule has 0 aliphatic carbocycles. The number of benzene rings is 1. The van der Waals surface area contributed by atoms with E-state index in [0.717, 1.165) is 12.1 Å². The summed E-state index contributed by atoms with van der Waals surface area (Å²) in [6.07, 6.45) is 1.44. The molecule has 0 fully saturated rings. The van der Waals surface area contributed by atoms with Crippen molar-refractivity contribution in [1.82, 2.24) is 0 Å². The van der Waals surface area contributed by atoms with Crippen LogP contribution in [0.15, 0.2) is 18.2 Å². The largest absolute Gasteiger partial charge is 0.493 e. The van der Waals surface area contributed by atoms with Gasteiger partial charge in [0.25, 0.3) is 0 Å². The maximum Gasteiger partial charge on any atom is 0.335 e. The summed E-state index contributed by atoms with van der Waals surface area (Å²) in [4.78, 5) is 21.1. The standard InChI is InChI=1S/C12H14FNO4/c13-9-5-8(12(16)17)6-10(7-9)18-4-2-1-3-11(14)15/h5-7H,1-4H2,(H2,14,15)(H,16,17). The monoisotopic (exact) mass is 255 g/mol. The average Bonchev–Trinajstić information content (AvgIpc) is 2.27. The number of amides is 1. The molecule has 0 heterocycles. The van der Waals surface area contributed by atoms with E-state index < -0.39 is 11.8 Å². The van der Waals surface area contributed by atoms with Gasteiger partial charge in [-0.15, -0.1) is 0 Å². The number of hydrogen-bond acceptors (Lipinski definition) is 3. The van der Waals surface area contributed by atoms with Crippen LogP contribution in [0.1, 0.15) is 29.6 Å². The van der Waals surface area contributed by atoms with Crippen molar-refractivity contribution in [3.63, 3.8) is 0 Å². The van der Waals surface area contributed by atoms with Gasteiger partial charge in [-0.05, 0) is 25.0 Å². The third-order valence-electron chi connectivity index (χ3n) is 2.20. The number of primary amides is 1. The van der Waals surface area contributed by atoms with E-state index in [0.29, 0.717) is 12.8 Å². The highest BCUT2D eigenvalue weighted by atomic mass is 19.1. The van der Waals surface area contributed by atoms with E-state index in [2.05, 4.69) is 0 Å². The summed E-state index contributed by atoms with van der Waals surface area (Å²) in [7, 11) is 0. The molecule has 1 amide bonds. The van der Waals surface area contributed by atoms with Crippen LogP contribution in [-0.2, 0) is 4.79 Å². The lowest BCUT2D eigenvalue weighted by Crippen LogP contribution is -2.10. The second kappa shape index (κ2) is 6.58. The Labute approximate surface area is 103 Å². The number of carboxylic acids is 1. The Bertz CT molecular complexity index is 448. The Hall–Kier alpha value is -2.11. The molecule has 0 atom stereocenters. The van der Waals surface area contributed by atoms with Crippen LogP contribution in [0.2, 0.25) is 0 Å². The number of carboxylic acid groups (broad SMARTS) is 1. The molecular weight excluding hydrogens is 241 g/mol.